The molecule has 0 unspecified atom stereocenters. The third-order valence-electron chi connectivity index (χ3n) is 3.13. The van der Waals surface area contributed by atoms with Gasteiger partial charge in [-0.2, -0.15) is 0 Å². The van der Waals surface area contributed by atoms with E-state index in [0.717, 1.165) is 21.1 Å². The summed E-state index contributed by atoms with van der Waals surface area (Å²) < 4.78 is 5.68. The molecule has 116 valence electrons. The van der Waals surface area contributed by atoms with Crippen LogP contribution in [0, 0.1) is 0 Å². The van der Waals surface area contributed by atoms with E-state index in [1.165, 1.54) is 11.8 Å². The van der Waals surface area contributed by atoms with E-state index >= 15 is 0 Å². The minimum absolute atomic E-state index is 0.135. The van der Waals surface area contributed by atoms with Gasteiger partial charge in [-0.25, -0.2) is 0 Å². The van der Waals surface area contributed by atoms with E-state index in [-0.39, 0.29) is 5.91 Å². The highest BCUT2D eigenvalue weighted by Crippen LogP contribution is 2.34. The number of hydrogen-bond acceptors (Lipinski definition) is 5. The van der Waals surface area contributed by atoms with Crippen LogP contribution in [0.25, 0.3) is 6.08 Å². The largest absolute Gasteiger partial charge is 0.497 e. The summed E-state index contributed by atoms with van der Waals surface area (Å²) in [6.07, 6.45) is 1.88. The van der Waals surface area contributed by atoms with Crippen molar-refractivity contribution in [3.05, 3.63) is 59.0 Å². The van der Waals surface area contributed by atoms with Crippen LogP contribution < -0.4 is 10.1 Å². The monoisotopic (exact) mass is 359 g/mol. The lowest BCUT2D eigenvalue weighted by Gasteiger charge is -2.07. The van der Waals surface area contributed by atoms with Crippen LogP contribution in [0.15, 0.2) is 63.2 Å². The number of rotatable bonds is 4. The fourth-order valence-corrected chi connectivity index (χ4v) is 3.98. The zero-order valence-electron chi connectivity index (χ0n) is 12.2. The van der Waals surface area contributed by atoms with Gasteiger partial charge in [-0.05, 0) is 42.0 Å². The molecule has 0 radical (unpaired) electrons. The predicted octanol–water partition coefficient (Wildman–Crippen LogP) is 4.34. The van der Waals surface area contributed by atoms with Crippen molar-refractivity contribution in [2.75, 3.05) is 7.11 Å². The Balaban J connectivity index is 1.87. The topological polar surface area (TPSA) is 38.3 Å². The van der Waals surface area contributed by atoms with Crippen molar-refractivity contribution < 1.29 is 9.53 Å². The molecule has 0 saturated carbocycles. The predicted molar refractivity (Wildman–Crippen MR) is 99.9 cm³/mol. The number of carbonyl (C=O) groups is 1. The van der Waals surface area contributed by atoms with Crippen LogP contribution >= 0.6 is 35.7 Å². The number of thioether (sulfide) groups is 1. The molecule has 1 aliphatic heterocycles. The average Bonchev–Trinajstić information content (AvgIpc) is 2.87. The minimum Gasteiger partial charge on any atom is -0.497 e. The van der Waals surface area contributed by atoms with Crippen LogP contribution in [0.5, 0.6) is 5.75 Å². The summed E-state index contributed by atoms with van der Waals surface area (Å²) in [4.78, 5) is 14.6. The maximum Gasteiger partial charge on any atom is 0.263 e. The molecule has 6 heteroatoms. The van der Waals surface area contributed by atoms with Crippen LogP contribution in [0.3, 0.4) is 0 Å². The fourth-order valence-electron chi connectivity index (χ4n) is 2.03. The molecule has 0 bridgehead atoms. The summed E-state index contributed by atoms with van der Waals surface area (Å²) in [5.74, 6) is 0.696. The second kappa shape index (κ2) is 7.21. The molecule has 1 heterocycles. The molecular formula is C17H13NO2S3. The molecule has 3 nitrogen and oxygen atoms in total. The Morgan fingerprint density at radius 2 is 1.91 bits per heavy atom. The summed E-state index contributed by atoms with van der Waals surface area (Å²) in [6.45, 7) is 0. The lowest BCUT2D eigenvalue weighted by atomic mass is 10.2. The molecule has 1 fully saturated rings. The van der Waals surface area contributed by atoms with E-state index < -0.39 is 0 Å². The molecule has 1 N–H and O–H groups in total. The first-order valence-corrected chi connectivity index (χ1v) is 8.85. The van der Waals surface area contributed by atoms with Gasteiger partial charge < -0.3 is 10.1 Å². The van der Waals surface area contributed by atoms with Crippen LogP contribution in [-0.4, -0.2) is 17.3 Å². The number of methoxy groups -OCH3 is 1. The van der Waals surface area contributed by atoms with Gasteiger partial charge in [0.25, 0.3) is 5.91 Å². The Morgan fingerprint density at radius 3 is 2.57 bits per heavy atom. The van der Waals surface area contributed by atoms with Gasteiger partial charge in [0, 0.05) is 9.79 Å². The summed E-state index contributed by atoms with van der Waals surface area (Å²) in [6, 6.07) is 15.9. The molecule has 2 aromatic carbocycles. The molecule has 0 spiro atoms. The second-order valence-corrected chi connectivity index (χ2v) is 7.50. The first-order valence-electron chi connectivity index (χ1n) is 6.81. The highest BCUT2D eigenvalue weighted by molar-refractivity contribution is 8.26. The van der Waals surface area contributed by atoms with Gasteiger partial charge in [-0.15, -0.1) is 0 Å². The molecule has 1 aliphatic rings. The van der Waals surface area contributed by atoms with Gasteiger partial charge in [0.15, 0.2) is 0 Å². The first-order chi connectivity index (χ1) is 11.2. The van der Waals surface area contributed by atoms with Crippen LogP contribution in [-0.2, 0) is 4.79 Å². The summed E-state index contributed by atoms with van der Waals surface area (Å²) in [7, 11) is 1.65. The normalized spacial score (nSPS) is 15.8. The number of carbonyl (C=O) groups excluding carboxylic acids is 1. The standard InChI is InChI=1S/C17H13NO2S3/c1-20-12-6-8-13(9-7-12)22-14-5-3-2-4-11(14)10-15-16(19)18-17(21)23-15/h2-10H,1H3,(H,18,19,21). The summed E-state index contributed by atoms with van der Waals surface area (Å²) in [5.41, 5.74) is 0.996. The Labute approximate surface area is 148 Å². The molecular weight excluding hydrogens is 346 g/mol. The van der Waals surface area contributed by atoms with Gasteiger partial charge >= 0.3 is 0 Å². The highest BCUT2D eigenvalue weighted by Gasteiger charge is 2.22. The maximum absolute atomic E-state index is 11.8. The Hall–Kier alpha value is -1.76. The third-order valence-corrected chi connectivity index (χ3v) is 5.40. The number of amides is 1. The second-order valence-electron chi connectivity index (χ2n) is 4.67. The zero-order valence-corrected chi connectivity index (χ0v) is 14.7. The Kier molecular flexibility index (Phi) is 5.05. The van der Waals surface area contributed by atoms with Gasteiger partial charge in [-0.1, -0.05) is 53.9 Å². The van der Waals surface area contributed by atoms with Gasteiger partial charge in [0.1, 0.15) is 10.1 Å². The lowest BCUT2D eigenvalue weighted by molar-refractivity contribution is -0.115. The fraction of sp³-hybridized carbons (Fsp3) is 0.0588. The van der Waals surface area contributed by atoms with Crippen molar-refractivity contribution in [2.45, 2.75) is 9.79 Å². The van der Waals surface area contributed by atoms with E-state index in [4.69, 9.17) is 17.0 Å². The maximum atomic E-state index is 11.8. The number of nitrogens with one attached hydrogen (secondary N) is 1. The SMILES string of the molecule is COc1ccc(Sc2ccccc2C=C2SC(=S)NC2=O)cc1. The van der Waals surface area contributed by atoms with Gasteiger partial charge in [0.2, 0.25) is 0 Å². The molecule has 2 aromatic rings. The van der Waals surface area contributed by atoms with E-state index in [1.807, 2.05) is 54.6 Å². The molecule has 1 amide bonds. The zero-order chi connectivity index (χ0) is 16.2. The van der Waals surface area contributed by atoms with Crippen molar-refractivity contribution >= 4 is 52.0 Å². The van der Waals surface area contributed by atoms with Gasteiger partial charge in [0.05, 0.1) is 12.0 Å². The van der Waals surface area contributed by atoms with Crippen LogP contribution in [0.4, 0.5) is 0 Å². The number of ether oxygens (including phenoxy) is 1. The van der Waals surface area contributed by atoms with Crippen molar-refractivity contribution in [3.8, 4) is 5.75 Å². The Morgan fingerprint density at radius 1 is 1.17 bits per heavy atom. The number of thiocarbonyl (C=S) groups is 1. The molecule has 3 rings (SSSR count). The van der Waals surface area contributed by atoms with E-state index in [9.17, 15) is 4.79 Å². The minimum atomic E-state index is -0.135. The smallest absolute Gasteiger partial charge is 0.263 e. The third kappa shape index (κ3) is 3.96. The molecule has 23 heavy (non-hydrogen) atoms. The van der Waals surface area contributed by atoms with Crippen molar-refractivity contribution in [2.24, 2.45) is 0 Å². The van der Waals surface area contributed by atoms with Crippen molar-refractivity contribution in [1.29, 1.82) is 0 Å². The summed E-state index contributed by atoms with van der Waals surface area (Å²) >= 11 is 7.96. The van der Waals surface area contributed by atoms with E-state index in [1.54, 1.807) is 18.9 Å². The van der Waals surface area contributed by atoms with Crippen LogP contribution in [0.2, 0.25) is 0 Å². The first kappa shape index (κ1) is 16.1. The molecule has 0 aliphatic carbocycles. The van der Waals surface area contributed by atoms with E-state index in [2.05, 4.69) is 5.32 Å². The molecule has 0 atom stereocenters. The summed E-state index contributed by atoms with van der Waals surface area (Å²) in [5, 5.41) is 2.64. The lowest BCUT2D eigenvalue weighted by Crippen LogP contribution is -2.17. The molecule has 0 aromatic heterocycles. The van der Waals surface area contributed by atoms with E-state index in [0.29, 0.717) is 9.23 Å². The van der Waals surface area contributed by atoms with Crippen LogP contribution in [0.1, 0.15) is 5.56 Å². The van der Waals surface area contributed by atoms with Crippen molar-refractivity contribution in [1.82, 2.24) is 5.32 Å². The molecule has 1 saturated heterocycles. The quantitative estimate of drug-likeness (QED) is 0.649. The number of hydrogen-bond donors (Lipinski definition) is 1. The van der Waals surface area contributed by atoms with Gasteiger partial charge in [-0.3, -0.25) is 4.79 Å². The highest BCUT2D eigenvalue weighted by atomic mass is 32.2. The average molecular weight is 359 g/mol. The van der Waals surface area contributed by atoms with Crippen molar-refractivity contribution in [3.63, 3.8) is 0 Å². The number of benzene rings is 2. The Bertz CT molecular complexity index is 785.